The third kappa shape index (κ3) is 7.10. The molecule has 3 rings (SSSR count). The van der Waals surface area contributed by atoms with Gasteiger partial charge in [-0.25, -0.2) is 4.79 Å². The van der Waals surface area contributed by atoms with Crippen molar-refractivity contribution >= 4 is 35.2 Å². The van der Waals surface area contributed by atoms with Gasteiger partial charge < -0.3 is 19.5 Å². The minimum Gasteiger partial charge on any atom is -0.497 e. The van der Waals surface area contributed by atoms with Gasteiger partial charge in [0.05, 0.1) is 19.3 Å². The van der Waals surface area contributed by atoms with Gasteiger partial charge in [0.1, 0.15) is 29.7 Å². The molecule has 3 aromatic carbocycles. The molecule has 178 valence electrons. The normalized spacial score (nSPS) is 10.7. The Hall–Kier alpha value is -4.28. The van der Waals surface area contributed by atoms with Crippen LogP contribution in [0.2, 0.25) is 5.02 Å². The molecular weight excluding hydrogens is 468 g/mol. The highest BCUT2D eigenvalue weighted by Crippen LogP contribution is 2.28. The van der Waals surface area contributed by atoms with Crippen molar-refractivity contribution in [2.75, 3.05) is 19.0 Å². The first kappa shape index (κ1) is 25.3. The lowest BCUT2D eigenvalue weighted by Crippen LogP contribution is -2.14. The quantitative estimate of drug-likeness (QED) is 0.236. The maximum absolute atomic E-state index is 12.7. The SMILES string of the molecule is CCOC(=O)c1ccc(NC(=O)/C(C#N)=C/c2ccc(OC)cc2OCc2ccc(Cl)cc2)cc1. The Bertz CT molecular complexity index is 1260. The number of nitrogens with zero attached hydrogens (tertiary/aromatic N) is 1. The van der Waals surface area contributed by atoms with E-state index in [-0.39, 0.29) is 18.8 Å². The van der Waals surface area contributed by atoms with Crippen LogP contribution in [0.25, 0.3) is 6.08 Å². The summed E-state index contributed by atoms with van der Waals surface area (Å²) in [5.41, 5.74) is 2.10. The maximum Gasteiger partial charge on any atom is 0.338 e. The average Bonchev–Trinajstić information content (AvgIpc) is 2.87. The van der Waals surface area contributed by atoms with Gasteiger partial charge in [-0.3, -0.25) is 4.79 Å². The fraction of sp³-hybridized carbons (Fsp3) is 0.148. The van der Waals surface area contributed by atoms with Gasteiger partial charge in [0.25, 0.3) is 5.91 Å². The number of halogens is 1. The number of esters is 1. The number of hydrogen-bond donors (Lipinski definition) is 1. The molecule has 8 heteroatoms. The van der Waals surface area contributed by atoms with E-state index < -0.39 is 11.9 Å². The highest BCUT2D eigenvalue weighted by Gasteiger charge is 2.13. The van der Waals surface area contributed by atoms with Gasteiger partial charge in [-0.1, -0.05) is 23.7 Å². The number of ether oxygens (including phenoxy) is 3. The Balaban J connectivity index is 1.79. The summed E-state index contributed by atoms with van der Waals surface area (Å²) in [6.07, 6.45) is 1.44. The van der Waals surface area contributed by atoms with Crippen LogP contribution in [0, 0.1) is 11.3 Å². The molecule has 0 radical (unpaired) electrons. The second kappa shape index (κ2) is 12.3. The molecule has 0 aromatic heterocycles. The number of carbonyl (C=O) groups is 2. The van der Waals surface area contributed by atoms with E-state index in [0.29, 0.717) is 33.3 Å². The number of anilines is 1. The molecule has 0 aliphatic carbocycles. The maximum atomic E-state index is 12.7. The van der Waals surface area contributed by atoms with Gasteiger partial charge in [-0.2, -0.15) is 5.26 Å². The lowest BCUT2D eigenvalue weighted by molar-refractivity contribution is -0.112. The third-order valence-corrected chi connectivity index (χ3v) is 5.10. The first-order chi connectivity index (χ1) is 16.9. The standard InChI is InChI=1S/C27H23ClN2O5/c1-3-34-27(32)19-6-11-23(12-7-19)30-26(31)21(16-29)14-20-8-13-24(33-2)15-25(20)35-17-18-4-9-22(28)10-5-18/h4-15H,3,17H2,1-2H3,(H,30,31)/b21-14+. The van der Waals surface area contributed by atoms with E-state index in [1.807, 2.05) is 18.2 Å². The molecule has 0 saturated heterocycles. The molecule has 35 heavy (non-hydrogen) atoms. The first-order valence-electron chi connectivity index (χ1n) is 10.7. The number of benzene rings is 3. The highest BCUT2D eigenvalue weighted by atomic mass is 35.5. The molecule has 1 amide bonds. The minimum absolute atomic E-state index is 0.124. The van der Waals surface area contributed by atoms with Crippen molar-refractivity contribution in [3.63, 3.8) is 0 Å². The second-order valence-corrected chi connectivity index (χ2v) is 7.68. The van der Waals surface area contributed by atoms with Crippen molar-refractivity contribution in [3.8, 4) is 17.6 Å². The van der Waals surface area contributed by atoms with Crippen molar-refractivity contribution in [1.29, 1.82) is 5.26 Å². The summed E-state index contributed by atoms with van der Waals surface area (Å²) in [5.74, 6) is -0.0407. The zero-order valence-corrected chi connectivity index (χ0v) is 20.0. The van der Waals surface area contributed by atoms with Crippen LogP contribution in [0.3, 0.4) is 0 Å². The molecule has 3 aromatic rings. The third-order valence-electron chi connectivity index (χ3n) is 4.85. The summed E-state index contributed by atoms with van der Waals surface area (Å²) in [4.78, 5) is 24.5. The van der Waals surface area contributed by atoms with Crippen molar-refractivity contribution in [3.05, 3.63) is 94.0 Å². The lowest BCUT2D eigenvalue weighted by atomic mass is 10.1. The number of nitrogens with one attached hydrogen (secondary N) is 1. The summed E-state index contributed by atoms with van der Waals surface area (Å²) in [7, 11) is 1.54. The zero-order valence-electron chi connectivity index (χ0n) is 19.2. The number of amides is 1. The van der Waals surface area contributed by atoms with Gasteiger partial charge >= 0.3 is 5.97 Å². The predicted octanol–water partition coefficient (Wildman–Crippen LogP) is 5.65. The van der Waals surface area contributed by atoms with E-state index in [4.69, 9.17) is 25.8 Å². The molecule has 0 aliphatic heterocycles. The Morgan fingerprint density at radius 3 is 2.40 bits per heavy atom. The van der Waals surface area contributed by atoms with Crippen LogP contribution >= 0.6 is 11.6 Å². The van der Waals surface area contributed by atoms with E-state index in [1.54, 1.807) is 49.4 Å². The topological polar surface area (TPSA) is 97.7 Å². The van der Waals surface area contributed by atoms with Crippen molar-refractivity contribution in [2.24, 2.45) is 0 Å². The van der Waals surface area contributed by atoms with Crippen LogP contribution in [0.1, 0.15) is 28.4 Å². The molecule has 0 fully saturated rings. The average molecular weight is 491 g/mol. The van der Waals surface area contributed by atoms with E-state index >= 15 is 0 Å². The molecule has 0 spiro atoms. The summed E-state index contributed by atoms with van der Waals surface area (Å²) in [6.45, 7) is 2.25. The van der Waals surface area contributed by atoms with Crippen molar-refractivity contribution in [1.82, 2.24) is 0 Å². The molecule has 7 nitrogen and oxygen atoms in total. The monoisotopic (exact) mass is 490 g/mol. The van der Waals surface area contributed by atoms with Crippen molar-refractivity contribution < 1.29 is 23.8 Å². The predicted molar refractivity (Wildman–Crippen MR) is 133 cm³/mol. The van der Waals surface area contributed by atoms with Crippen molar-refractivity contribution in [2.45, 2.75) is 13.5 Å². The number of carbonyl (C=O) groups excluding carboxylic acids is 2. The lowest BCUT2D eigenvalue weighted by Gasteiger charge is -2.12. The number of methoxy groups -OCH3 is 1. The van der Waals surface area contributed by atoms with E-state index in [9.17, 15) is 14.9 Å². The number of nitriles is 1. The summed E-state index contributed by atoms with van der Waals surface area (Å²) in [5, 5.41) is 12.9. The molecule has 0 atom stereocenters. The van der Waals surface area contributed by atoms with Gasteiger partial charge in [0.15, 0.2) is 0 Å². The largest absolute Gasteiger partial charge is 0.497 e. The van der Waals surface area contributed by atoms with E-state index in [2.05, 4.69) is 5.32 Å². The summed E-state index contributed by atoms with van der Waals surface area (Å²) in [6, 6.07) is 20.5. The minimum atomic E-state index is -0.601. The highest BCUT2D eigenvalue weighted by molar-refractivity contribution is 6.30. The number of rotatable bonds is 9. The molecular formula is C27H23ClN2O5. The molecule has 0 saturated carbocycles. The van der Waals surface area contributed by atoms with Gasteiger partial charge in [0.2, 0.25) is 0 Å². The fourth-order valence-corrected chi connectivity index (χ4v) is 3.16. The molecule has 0 bridgehead atoms. The summed E-state index contributed by atoms with van der Waals surface area (Å²) < 4.78 is 16.2. The second-order valence-electron chi connectivity index (χ2n) is 7.24. The molecule has 0 heterocycles. The molecule has 1 N–H and O–H groups in total. The number of hydrogen-bond acceptors (Lipinski definition) is 6. The summed E-state index contributed by atoms with van der Waals surface area (Å²) >= 11 is 5.93. The van der Waals surface area contributed by atoms with Gasteiger partial charge in [0, 0.05) is 22.3 Å². The Morgan fingerprint density at radius 2 is 1.77 bits per heavy atom. The van der Waals surface area contributed by atoms with Gasteiger partial charge in [-0.15, -0.1) is 0 Å². The van der Waals surface area contributed by atoms with E-state index in [1.165, 1.54) is 25.3 Å². The van der Waals surface area contributed by atoms with Crippen LogP contribution in [0.5, 0.6) is 11.5 Å². The molecule has 0 aliphatic rings. The van der Waals surface area contributed by atoms with Crippen LogP contribution in [0.4, 0.5) is 5.69 Å². The fourth-order valence-electron chi connectivity index (χ4n) is 3.03. The van der Waals surface area contributed by atoms with Gasteiger partial charge in [-0.05, 0) is 67.1 Å². The molecule has 0 unspecified atom stereocenters. The Kier molecular flexibility index (Phi) is 8.88. The van der Waals surface area contributed by atoms with Crippen LogP contribution in [0.15, 0.2) is 72.3 Å². The van der Waals surface area contributed by atoms with Crippen LogP contribution in [-0.2, 0) is 16.1 Å². The zero-order chi connectivity index (χ0) is 25.2. The smallest absolute Gasteiger partial charge is 0.338 e. The van der Waals surface area contributed by atoms with Crippen LogP contribution in [-0.4, -0.2) is 25.6 Å². The van der Waals surface area contributed by atoms with E-state index in [0.717, 1.165) is 5.56 Å². The Morgan fingerprint density at radius 1 is 1.06 bits per heavy atom. The van der Waals surface area contributed by atoms with Crippen LogP contribution < -0.4 is 14.8 Å². The Labute approximate surface area is 208 Å². The first-order valence-corrected chi connectivity index (χ1v) is 11.1.